The number of anilines is 1. The molecule has 0 saturated heterocycles. The summed E-state index contributed by atoms with van der Waals surface area (Å²) in [4.78, 5) is 10.7. The van der Waals surface area contributed by atoms with E-state index in [1.54, 1.807) is 0 Å². The van der Waals surface area contributed by atoms with E-state index in [-0.39, 0.29) is 5.11 Å². The van der Waals surface area contributed by atoms with Crippen LogP contribution in [0, 0.1) is 0 Å². The summed E-state index contributed by atoms with van der Waals surface area (Å²) in [6, 6.07) is 9.41. The highest BCUT2D eigenvalue weighted by Crippen LogP contribution is 2.16. The molecule has 5 nitrogen and oxygen atoms in total. The van der Waals surface area contributed by atoms with Gasteiger partial charge in [-0.1, -0.05) is 18.2 Å². The maximum atomic E-state index is 5.69. The van der Waals surface area contributed by atoms with Crippen LogP contribution in [0.15, 0.2) is 30.3 Å². The third-order valence-electron chi connectivity index (χ3n) is 1.85. The van der Waals surface area contributed by atoms with Crippen LogP contribution >= 0.6 is 12.2 Å². The predicted molar refractivity (Wildman–Crippen MR) is 70.8 cm³/mol. The summed E-state index contributed by atoms with van der Waals surface area (Å²) < 4.78 is 0. The summed E-state index contributed by atoms with van der Waals surface area (Å²) in [7, 11) is 0. The van der Waals surface area contributed by atoms with E-state index < -0.39 is 0 Å². The maximum Gasteiger partial charge on any atom is 0.189 e. The fourth-order valence-corrected chi connectivity index (χ4v) is 1.42. The van der Waals surface area contributed by atoms with E-state index in [2.05, 4.69) is 0 Å². The molecule has 0 aliphatic carbocycles. The average molecular weight is 255 g/mol. The molecule has 2 N–H and O–H groups in total. The molecule has 0 fully saturated rings. The minimum absolute atomic E-state index is 0.151. The quantitative estimate of drug-likeness (QED) is 0.618. The van der Waals surface area contributed by atoms with Crippen molar-refractivity contribution in [3.63, 3.8) is 0 Å². The van der Waals surface area contributed by atoms with Crippen molar-refractivity contribution in [3.8, 4) is 0 Å². The zero-order valence-electron chi connectivity index (χ0n) is 10.00. The number of hydrazine groups is 1. The van der Waals surface area contributed by atoms with E-state index in [0.29, 0.717) is 13.2 Å². The summed E-state index contributed by atoms with van der Waals surface area (Å²) in [5.74, 6) is 0. The maximum absolute atomic E-state index is 5.69. The predicted octanol–water partition coefficient (Wildman–Crippen LogP) is 1.86. The second-order valence-corrected chi connectivity index (χ2v) is 3.48. The summed E-state index contributed by atoms with van der Waals surface area (Å²) in [6.45, 7) is 4.61. The Morgan fingerprint density at radius 3 is 2.12 bits per heavy atom. The van der Waals surface area contributed by atoms with Gasteiger partial charge in [0.2, 0.25) is 0 Å². The van der Waals surface area contributed by atoms with Gasteiger partial charge in [0.1, 0.15) is 0 Å². The molecule has 0 aliphatic heterocycles. The fraction of sp³-hybridized carbons (Fsp3) is 0.364. The van der Waals surface area contributed by atoms with Crippen molar-refractivity contribution >= 4 is 23.0 Å². The first kappa shape index (κ1) is 13.9. The number of para-hydroxylation sites is 1. The SMILES string of the molecule is CCON(OCC)N(C(N)=S)c1ccccc1. The molecule has 0 bridgehead atoms. The smallest absolute Gasteiger partial charge is 0.189 e. The van der Waals surface area contributed by atoms with E-state index in [0.717, 1.165) is 5.69 Å². The number of rotatable bonds is 6. The van der Waals surface area contributed by atoms with Gasteiger partial charge in [0.15, 0.2) is 5.11 Å². The Morgan fingerprint density at radius 2 is 1.71 bits per heavy atom. The number of nitrogens with two attached hydrogens (primary N) is 1. The molecule has 0 atom stereocenters. The van der Waals surface area contributed by atoms with Crippen LogP contribution < -0.4 is 10.7 Å². The van der Waals surface area contributed by atoms with E-state index in [1.165, 1.54) is 10.3 Å². The highest BCUT2D eigenvalue weighted by atomic mass is 32.1. The van der Waals surface area contributed by atoms with Gasteiger partial charge in [-0.2, -0.15) is 0 Å². The van der Waals surface area contributed by atoms with Gasteiger partial charge in [0.05, 0.1) is 18.9 Å². The third kappa shape index (κ3) is 3.94. The zero-order chi connectivity index (χ0) is 12.7. The monoisotopic (exact) mass is 255 g/mol. The lowest BCUT2D eigenvalue weighted by atomic mass is 10.3. The largest absolute Gasteiger partial charge is 0.375 e. The van der Waals surface area contributed by atoms with E-state index in [9.17, 15) is 0 Å². The van der Waals surface area contributed by atoms with Crippen molar-refractivity contribution in [1.82, 2.24) is 5.34 Å². The van der Waals surface area contributed by atoms with Gasteiger partial charge in [0, 0.05) is 5.34 Å². The zero-order valence-corrected chi connectivity index (χ0v) is 10.8. The Balaban J connectivity index is 2.94. The van der Waals surface area contributed by atoms with Crippen LogP contribution in [0.25, 0.3) is 0 Å². The molecule has 6 heteroatoms. The number of hydrogen-bond acceptors (Lipinski definition) is 4. The lowest BCUT2D eigenvalue weighted by molar-refractivity contribution is -0.363. The molecule has 0 aliphatic rings. The van der Waals surface area contributed by atoms with E-state index in [1.807, 2.05) is 44.2 Å². The second-order valence-electron chi connectivity index (χ2n) is 3.06. The van der Waals surface area contributed by atoms with Crippen LogP contribution in [0.1, 0.15) is 13.8 Å². The summed E-state index contributed by atoms with van der Waals surface area (Å²) in [5.41, 5.74) is 6.47. The van der Waals surface area contributed by atoms with Crippen LogP contribution in [-0.2, 0) is 9.68 Å². The van der Waals surface area contributed by atoms with Gasteiger partial charge in [-0.3, -0.25) is 9.68 Å². The molecule has 1 aromatic rings. The molecule has 0 amide bonds. The molecule has 0 saturated carbocycles. The molecule has 0 heterocycles. The Labute approximate surface area is 107 Å². The highest BCUT2D eigenvalue weighted by molar-refractivity contribution is 7.80. The van der Waals surface area contributed by atoms with Crippen molar-refractivity contribution in [3.05, 3.63) is 30.3 Å². The average Bonchev–Trinajstić information content (AvgIpc) is 2.31. The van der Waals surface area contributed by atoms with Gasteiger partial charge in [-0.25, -0.2) is 5.01 Å². The Hall–Kier alpha value is -1.21. The van der Waals surface area contributed by atoms with Crippen molar-refractivity contribution in [2.75, 3.05) is 18.2 Å². The molecule has 0 spiro atoms. The number of benzene rings is 1. The molecular formula is C11H17N3O2S. The molecule has 94 valence electrons. The van der Waals surface area contributed by atoms with Gasteiger partial charge < -0.3 is 5.73 Å². The lowest BCUT2D eigenvalue weighted by Gasteiger charge is -2.31. The van der Waals surface area contributed by atoms with Crippen LogP contribution in [0.3, 0.4) is 0 Å². The van der Waals surface area contributed by atoms with Crippen LogP contribution in [-0.4, -0.2) is 23.7 Å². The molecule has 1 aromatic carbocycles. The number of hydrogen-bond donors (Lipinski definition) is 1. The first-order chi connectivity index (χ1) is 8.20. The minimum atomic E-state index is 0.151. The third-order valence-corrected chi connectivity index (χ3v) is 2.02. The van der Waals surface area contributed by atoms with Crippen molar-refractivity contribution < 1.29 is 9.68 Å². The molecule has 0 radical (unpaired) electrons. The highest BCUT2D eigenvalue weighted by Gasteiger charge is 2.20. The minimum Gasteiger partial charge on any atom is -0.375 e. The molecule has 1 rings (SSSR count). The van der Waals surface area contributed by atoms with E-state index >= 15 is 0 Å². The molecule has 0 unspecified atom stereocenters. The normalized spacial score (nSPS) is 10.5. The topological polar surface area (TPSA) is 51.0 Å². The van der Waals surface area contributed by atoms with Crippen molar-refractivity contribution in [2.24, 2.45) is 5.73 Å². The van der Waals surface area contributed by atoms with Gasteiger partial charge in [0.25, 0.3) is 0 Å². The van der Waals surface area contributed by atoms with Crippen LogP contribution in [0.2, 0.25) is 0 Å². The standard InChI is InChI=1S/C11H17N3O2S/c1-3-15-14(16-4-2)13(11(12)17)10-8-6-5-7-9-10/h5-9H,3-4H2,1-2H3,(H2,12,17). The summed E-state index contributed by atoms with van der Waals surface area (Å²) >= 11 is 5.01. The first-order valence-corrected chi connectivity index (χ1v) is 5.82. The Morgan fingerprint density at radius 1 is 1.18 bits per heavy atom. The van der Waals surface area contributed by atoms with Gasteiger partial charge in [-0.05, 0) is 38.2 Å². The molecule has 17 heavy (non-hydrogen) atoms. The summed E-state index contributed by atoms with van der Waals surface area (Å²) in [5, 5.41) is 2.85. The number of nitrogens with zero attached hydrogens (tertiary/aromatic N) is 2. The van der Waals surface area contributed by atoms with E-state index in [4.69, 9.17) is 27.6 Å². The molecule has 0 aromatic heterocycles. The van der Waals surface area contributed by atoms with Crippen molar-refractivity contribution in [2.45, 2.75) is 13.8 Å². The Kier molecular flexibility index (Phi) is 5.85. The Bertz CT molecular complexity index is 342. The summed E-state index contributed by atoms with van der Waals surface area (Å²) in [6.07, 6.45) is 0. The van der Waals surface area contributed by atoms with Crippen molar-refractivity contribution in [1.29, 1.82) is 0 Å². The first-order valence-electron chi connectivity index (χ1n) is 5.41. The lowest BCUT2D eigenvalue weighted by Crippen LogP contribution is -2.49. The van der Waals surface area contributed by atoms with Crippen LogP contribution in [0.4, 0.5) is 5.69 Å². The fourth-order valence-electron chi connectivity index (χ4n) is 1.24. The molecular weight excluding hydrogens is 238 g/mol. The van der Waals surface area contributed by atoms with Gasteiger partial charge >= 0.3 is 0 Å². The van der Waals surface area contributed by atoms with Gasteiger partial charge in [-0.15, -0.1) is 0 Å². The second kappa shape index (κ2) is 7.18. The number of thiocarbonyl (C=S) groups is 1. The van der Waals surface area contributed by atoms with Crippen LogP contribution in [0.5, 0.6) is 0 Å².